The fourth-order valence-electron chi connectivity index (χ4n) is 2.60. The predicted molar refractivity (Wildman–Crippen MR) is 101 cm³/mol. The van der Waals surface area contributed by atoms with Crippen molar-refractivity contribution in [3.05, 3.63) is 30.5 Å². The number of anilines is 1. The van der Waals surface area contributed by atoms with E-state index < -0.39 is 9.73 Å². The summed E-state index contributed by atoms with van der Waals surface area (Å²) in [4.78, 5) is 11.2. The van der Waals surface area contributed by atoms with Gasteiger partial charge in [-0.3, -0.25) is 4.99 Å². The molecule has 1 atom stereocenters. The van der Waals surface area contributed by atoms with Crippen LogP contribution in [-0.2, 0) is 14.5 Å². The van der Waals surface area contributed by atoms with E-state index in [1.807, 2.05) is 19.1 Å². The van der Waals surface area contributed by atoms with Gasteiger partial charge in [0.1, 0.15) is 0 Å². The number of ether oxygens (including phenoxy) is 1. The first-order valence-corrected chi connectivity index (χ1v) is 10.4. The lowest BCUT2D eigenvalue weighted by atomic mass is 10.1. The van der Waals surface area contributed by atoms with Crippen LogP contribution in [0.1, 0.15) is 19.5 Å². The van der Waals surface area contributed by atoms with E-state index in [1.54, 1.807) is 18.6 Å². The van der Waals surface area contributed by atoms with Crippen LogP contribution in [0.25, 0.3) is 0 Å². The summed E-state index contributed by atoms with van der Waals surface area (Å²) in [5.41, 5.74) is 2.41. The summed E-state index contributed by atoms with van der Waals surface area (Å²) in [7, 11) is -2.30. The predicted octanol–water partition coefficient (Wildman–Crippen LogP) is 2.66. The van der Waals surface area contributed by atoms with E-state index in [-0.39, 0.29) is 6.04 Å². The van der Waals surface area contributed by atoms with Gasteiger partial charge in [0, 0.05) is 53.1 Å². The lowest BCUT2D eigenvalue weighted by Crippen LogP contribution is -2.43. The number of allylic oxidation sites excluding steroid dienone is 1. The fraction of sp³-hybridized carbons (Fsp3) is 0.529. The fourth-order valence-corrected chi connectivity index (χ4v) is 3.15. The molecule has 0 radical (unpaired) electrons. The van der Waals surface area contributed by atoms with Gasteiger partial charge in [-0.25, -0.2) is 9.19 Å². The Morgan fingerprint density at radius 3 is 2.88 bits per heavy atom. The molecule has 0 bridgehead atoms. The summed E-state index contributed by atoms with van der Waals surface area (Å²) >= 11 is 0. The van der Waals surface area contributed by atoms with Gasteiger partial charge in [-0.05, 0) is 26.0 Å². The quantitative estimate of drug-likeness (QED) is 0.766. The molecule has 1 aliphatic rings. The van der Waals surface area contributed by atoms with Crippen molar-refractivity contribution in [1.29, 1.82) is 0 Å². The number of hydrogen-bond acceptors (Lipinski definition) is 6. The zero-order valence-corrected chi connectivity index (χ0v) is 15.7. The molecule has 7 heteroatoms. The number of pyridine rings is 1. The molecule has 0 aliphatic carbocycles. The molecule has 1 aromatic rings. The van der Waals surface area contributed by atoms with Gasteiger partial charge in [0.05, 0.1) is 24.6 Å². The summed E-state index contributed by atoms with van der Waals surface area (Å²) in [6.45, 7) is 10.7. The van der Waals surface area contributed by atoms with Gasteiger partial charge in [-0.2, -0.15) is 4.36 Å². The van der Waals surface area contributed by atoms with Gasteiger partial charge in [0.2, 0.25) is 0 Å². The lowest BCUT2D eigenvalue weighted by molar-refractivity contribution is 0.0989. The molecule has 2 heterocycles. The van der Waals surface area contributed by atoms with Crippen LogP contribution in [0.2, 0.25) is 0 Å². The Kier molecular flexibility index (Phi) is 6.12. The molecule has 24 heavy (non-hydrogen) atoms. The maximum Gasteiger partial charge on any atom is 0.164 e. The van der Waals surface area contributed by atoms with Crippen LogP contribution < -0.4 is 4.90 Å². The van der Waals surface area contributed by atoms with Crippen LogP contribution in [0.5, 0.6) is 0 Å². The largest absolute Gasteiger partial charge is 0.377 e. The Morgan fingerprint density at radius 2 is 2.29 bits per heavy atom. The monoisotopic (exact) mass is 350 g/mol. The molecule has 0 aromatic carbocycles. The van der Waals surface area contributed by atoms with E-state index >= 15 is 0 Å². The molecule has 0 N–H and O–H groups in total. The third-order valence-electron chi connectivity index (χ3n) is 3.59. The van der Waals surface area contributed by atoms with Gasteiger partial charge in [0.15, 0.2) is 5.82 Å². The van der Waals surface area contributed by atoms with Crippen LogP contribution in [0, 0.1) is 0 Å². The van der Waals surface area contributed by atoms with E-state index in [1.165, 1.54) is 0 Å². The molecule has 1 saturated heterocycles. The number of hydrogen-bond donors (Lipinski definition) is 0. The summed E-state index contributed by atoms with van der Waals surface area (Å²) in [6.07, 6.45) is 4.90. The van der Waals surface area contributed by atoms with Gasteiger partial charge in [0.25, 0.3) is 0 Å². The SMILES string of the molecule is C=CC(=NCC)c1cc(N2CCOC[C@H]2C)cc(N=S(C)(C)=O)n1. The Hall–Kier alpha value is -1.73. The minimum Gasteiger partial charge on any atom is -0.377 e. The molecule has 0 unspecified atom stereocenters. The minimum atomic E-state index is -2.30. The van der Waals surface area contributed by atoms with E-state index in [2.05, 4.69) is 32.7 Å². The highest BCUT2D eigenvalue weighted by molar-refractivity contribution is 7.92. The topological polar surface area (TPSA) is 67.2 Å². The number of aromatic nitrogens is 1. The second kappa shape index (κ2) is 7.90. The second-order valence-electron chi connectivity index (χ2n) is 6.02. The maximum absolute atomic E-state index is 12.1. The van der Waals surface area contributed by atoms with E-state index in [4.69, 9.17) is 4.74 Å². The van der Waals surface area contributed by atoms with E-state index in [0.29, 0.717) is 31.3 Å². The first-order valence-electron chi connectivity index (χ1n) is 8.05. The molecule has 0 amide bonds. The summed E-state index contributed by atoms with van der Waals surface area (Å²) in [5.74, 6) is 0.460. The zero-order chi connectivity index (χ0) is 17.7. The van der Waals surface area contributed by atoms with E-state index in [9.17, 15) is 4.21 Å². The second-order valence-corrected chi connectivity index (χ2v) is 8.57. The minimum absolute atomic E-state index is 0.254. The Bertz CT molecular complexity index is 743. The summed E-state index contributed by atoms with van der Waals surface area (Å²) in [6, 6.07) is 4.12. The normalized spacial score (nSPS) is 19.2. The zero-order valence-electron chi connectivity index (χ0n) is 14.9. The summed E-state index contributed by atoms with van der Waals surface area (Å²) in [5, 5.41) is 0. The summed E-state index contributed by atoms with van der Waals surface area (Å²) < 4.78 is 21.9. The van der Waals surface area contributed by atoms with Crippen molar-refractivity contribution >= 4 is 26.9 Å². The lowest BCUT2D eigenvalue weighted by Gasteiger charge is -2.35. The van der Waals surface area contributed by atoms with Crippen molar-refractivity contribution in [2.75, 3.05) is 43.7 Å². The van der Waals surface area contributed by atoms with Gasteiger partial charge in [-0.15, -0.1) is 0 Å². The highest BCUT2D eigenvalue weighted by Crippen LogP contribution is 2.26. The third kappa shape index (κ3) is 4.88. The van der Waals surface area contributed by atoms with Crippen molar-refractivity contribution in [2.24, 2.45) is 9.36 Å². The molecule has 6 nitrogen and oxygen atoms in total. The van der Waals surface area contributed by atoms with E-state index in [0.717, 1.165) is 17.9 Å². The number of aliphatic imine (C=N–C) groups is 1. The highest BCUT2D eigenvalue weighted by atomic mass is 32.2. The van der Waals surface area contributed by atoms with Crippen LogP contribution in [-0.4, -0.2) is 59.8 Å². The van der Waals surface area contributed by atoms with Crippen LogP contribution in [0.3, 0.4) is 0 Å². The molecule has 1 fully saturated rings. The van der Waals surface area contributed by atoms with Gasteiger partial charge >= 0.3 is 0 Å². The maximum atomic E-state index is 12.1. The van der Waals surface area contributed by atoms with Crippen LogP contribution in [0.15, 0.2) is 34.1 Å². The molecule has 2 rings (SSSR count). The van der Waals surface area contributed by atoms with Gasteiger partial charge in [-0.1, -0.05) is 6.58 Å². The average Bonchev–Trinajstić information content (AvgIpc) is 2.51. The van der Waals surface area contributed by atoms with Crippen molar-refractivity contribution in [3.8, 4) is 0 Å². The molecule has 0 spiro atoms. The van der Waals surface area contributed by atoms with Crippen molar-refractivity contribution < 1.29 is 8.95 Å². The Balaban J connectivity index is 2.57. The molecular weight excluding hydrogens is 324 g/mol. The first kappa shape index (κ1) is 18.6. The number of nitrogens with zero attached hydrogens (tertiary/aromatic N) is 4. The average molecular weight is 350 g/mol. The molecular formula is C17H26N4O2S. The third-order valence-corrected chi connectivity index (χ3v) is 4.22. The van der Waals surface area contributed by atoms with Crippen LogP contribution in [0.4, 0.5) is 11.5 Å². The first-order chi connectivity index (χ1) is 11.3. The van der Waals surface area contributed by atoms with Gasteiger partial charge < -0.3 is 9.64 Å². The smallest absolute Gasteiger partial charge is 0.164 e. The molecule has 1 aromatic heterocycles. The Labute approximate surface area is 144 Å². The Morgan fingerprint density at radius 1 is 1.54 bits per heavy atom. The standard InChI is InChI=1S/C17H26N4O2S/c1-6-15(18-7-2)16-10-14(21-8-9-23-12-13(21)3)11-17(19-16)20-24(4,5)22/h6,10-11,13H,1,7-9,12H2,2-5H3/t13-/m1/s1. The van der Waals surface area contributed by atoms with Crippen molar-refractivity contribution in [2.45, 2.75) is 19.9 Å². The van der Waals surface area contributed by atoms with Crippen molar-refractivity contribution in [3.63, 3.8) is 0 Å². The van der Waals surface area contributed by atoms with Crippen LogP contribution >= 0.6 is 0 Å². The molecule has 1 aliphatic heterocycles. The van der Waals surface area contributed by atoms with Crippen molar-refractivity contribution in [1.82, 2.24) is 4.98 Å². The molecule has 0 saturated carbocycles. The number of morpholine rings is 1. The number of rotatable bonds is 5. The molecule has 132 valence electrons. The highest BCUT2D eigenvalue weighted by Gasteiger charge is 2.21.